The maximum absolute atomic E-state index is 12.7. The van der Waals surface area contributed by atoms with Gasteiger partial charge in [-0.1, -0.05) is 42.5 Å². The van der Waals surface area contributed by atoms with Gasteiger partial charge in [0.2, 0.25) is 0 Å². The second-order valence-electron chi connectivity index (χ2n) is 5.32. The van der Waals surface area contributed by atoms with E-state index in [0.717, 1.165) is 16.0 Å². The fraction of sp³-hybridized carbons (Fsp3) is 0.105. The van der Waals surface area contributed by atoms with Crippen LogP contribution in [0.2, 0.25) is 0 Å². The molecule has 0 atom stereocenters. The SMILES string of the molecule is COc1ccccc1NC(=O)c1c(N)sc(-c2ccccc2)c1C. The minimum Gasteiger partial charge on any atom is -0.495 e. The predicted octanol–water partition coefficient (Wildman–Crippen LogP) is 4.57. The number of hydrogen-bond acceptors (Lipinski definition) is 4. The maximum atomic E-state index is 12.7. The van der Waals surface area contributed by atoms with Gasteiger partial charge in [0.1, 0.15) is 5.75 Å². The topological polar surface area (TPSA) is 64.3 Å². The van der Waals surface area contributed by atoms with E-state index in [-0.39, 0.29) is 5.91 Å². The molecule has 24 heavy (non-hydrogen) atoms. The molecule has 0 saturated carbocycles. The van der Waals surface area contributed by atoms with E-state index < -0.39 is 0 Å². The highest BCUT2D eigenvalue weighted by molar-refractivity contribution is 7.20. The highest BCUT2D eigenvalue weighted by Crippen LogP contribution is 2.38. The molecule has 0 unspecified atom stereocenters. The number of amides is 1. The van der Waals surface area contributed by atoms with E-state index in [4.69, 9.17) is 10.5 Å². The summed E-state index contributed by atoms with van der Waals surface area (Å²) in [4.78, 5) is 13.7. The Bertz CT molecular complexity index is 872. The maximum Gasteiger partial charge on any atom is 0.259 e. The Labute approximate surface area is 144 Å². The summed E-state index contributed by atoms with van der Waals surface area (Å²) in [5.41, 5.74) is 9.21. The van der Waals surface area contributed by atoms with Crippen LogP contribution in [0.1, 0.15) is 15.9 Å². The molecule has 122 valence electrons. The largest absolute Gasteiger partial charge is 0.495 e. The fourth-order valence-corrected chi connectivity index (χ4v) is 3.69. The molecule has 3 aromatic rings. The molecule has 0 aliphatic heterocycles. The van der Waals surface area contributed by atoms with Crippen molar-refractivity contribution in [3.05, 3.63) is 65.7 Å². The van der Waals surface area contributed by atoms with Crippen molar-refractivity contribution in [3.8, 4) is 16.2 Å². The van der Waals surface area contributed by atoms with Gasteiger partial charge in [-0.15, -0.1) is 11.3 Å². The van der Waals surface area contributed by atoms with Crippen LogP contribution in [0.15, 0.2) is 54.6 Å². The molecule has 0 saturated heterocycles. The van der Waals surface area contributed by atoms with Crippen molar-refractivity contribution in [3.63, 3.8) is 0 Å². The highest BCUT2D eigenvalue weighted by atomic mass is 32.1. The second kappa shape index (κ2) is 6.76. The summed E-state index contributed by atoms with van der Waals surface area (Å²) in [5, 5.41) is 3.40. The van der Waals surface area contributed by atoms with Gasteiger partial charge in [-0.3, -0.25) is 4.79 Å². The molecule has 0 bridgehead atoms. The number of nitrogens with two attached hydrogens (primary N) is 1. The zero-order valence-electron chi connectivity index (χ0n) is 13.5. The van der Waals surface area contributed by atoms with Crippen LogP contribution in [0.3, 0.4) is 0 Å². The molecule has 0 radical (unpaired) electrons. The zero-order valence-corrected chi connectivity index (χ0v) is 14.3. The van der Waals surface area contributed by atoms with Crippen molar-refractivity contribution in [2.45, 2.75) is 6.92 Å². The number of nitrogens with one attached hydrogen (secondary N) is 1. The molecule has 4 nitrogen and oxygen atoms in total. The van der Waals surface area contributed by atoms with Crippen LogP contribution in [-0.2, 0) is 0 Å². The third kappa shape index (κ3) is 2.98. The normalized spacial score (nSPS) is 10.4. The first-order valence-electron chi connectivity index (χ1n) is 7.50. The van der Waals surface area contributed by atoms with Crippen molar-refractivity contribution in [1.29, 1.82) is 0 Å². The minimum atomic E-state index is -0.229. The average Bonchev–Trinajstić information content (AvgIpc) is 2.90. The van der Waals surface area contributed by atoms with Gasteiger partial charge < -0.3 is 15.8 Å². The van der Waals surface area contributed by atoms with E-state index in [1.165, 1.54) is 11.3 Å². The van der Waals surface area contributed by atoms with Crippen LogP contribution < -0.4 is 15.8 Å². The summed E-state index contributed by atoms with van der Waals surface area (Å²) in [5.74, 6) is 0.383. The van der Waals surface area contributed by atoms with Gasteiger partial charge in [0.25, 0.3) is 5.91 Å². The molecule has 3 rings (SSSR count). The van der Waals surface area contributed by atoms with Gasteiger partial charge in [-0.05, 0) is 30.2 Å². The second-order valence-corrected chi connectivity index (χ2v) is 6.37. The van der Waals surface area contributed by atoms with Crippen LogP contribution in [0.25, 0.3) is 10.4 Å². The number of nitrogen functional groups attached to an aromatic ring is 1. The van der Waals surface area contributed by atoms with E-state index in [2.05, 4.69) is 5.32 Å². The fourth-order valence-electron chi connectivity index (χ4n) is 2.62. The van der Waals surface area contributed by atoms with Crippen molar-refractivity contribution in [2.24, 2.45) is 0 Å². The summed E-state index contributed by atoms with van der Waals surface area (Å²) in [6.45, 7) is 1.92. The van der Waals surface area contributed by atoms with Crippen molar-refractivity contribution < 1.29 is 9.53 Å². The number of anilines is 2. The summed E-state index contributed by atoms with van der Waals surface area (Å²) in [6, 6.07) is 17.2. The van der Waals surface area contributed by atoms with Crippen LogP contribution in [0, 0.1) is 6.92 Å². The summed E-state index contributed by atoms with van der Waals surface area (Å²) in [7, 11) is 1.57. The van der Waals surface area contributed by atoms with E-state index in [0.29, 0.717) is 22.0 Å². The summed E-state index contributed by atoms with van der Waals surface area (Å²) < 4.78 is 5.27. The monoisotopic (exact) mass is 338 g/mol. The highest BCUT2D eigenvalue weighted by Gasteiger charge is 2.21. The molecule has 3 N–H and O–H groups in total. The number of para-hydroxylation sites is 2. The predicted molar refractivity (Wildman–Crippen MR) is 99.9 cm³/mol. The average molecular weight is 338 g/mol. The van der Waals surface area contributed by atoms with Gasteiger partial charge in [-0.25, -0.2) is 0 Å². The van der Waals surface area contributed by atoms with Gasteiger partial charge in [0.05, 0.1) is 23.4 Å². The van der Waals surface area contributed by atoms with Gasteiger partial charge in [0, 0.05) is 4.88 Å². The third-order valence-electron chi connectivity index (χ3n) is 3.79. The number of thiophene rings is 1. The Morgan fingerprint density at radius 2 is 1.75 bits per heavy atom. The molecular weight excluding hydrogens is 320 g/mol. The lowest BCUT2D eigenvalue weighted by atomic mass is 10.1. The molecule has 5 heteroatoms. The first-order chi connectivity index (χ1) is 11.6. The standard InChI is InChI=1S/C19H18N2O2S/c1-12-16(18(20)24-17(12)13-8-4-3-5-9-13)19(22)21-14-10-6-7-11-15(14)23-2/h3-11H,20H2,1-2H3,(H,21,22). The van der Waals surface area contributed by atoms with Crippen molar-refractivity contribution in [1.82, 2.24) is 0 Å². The molecule has 0 aliphatic carbocycles. The number of benzene rings is 2. The minimum absolute atomic E-state index is 0.229. The lowest BCUT2D eigenvalue weighted by Crippen LogP contribution is -2.14. The number of carbonyl (C=O) groups is 1. The Hall–Kier alpha value is -2.79. The number of carbonyl (C=O) groups excluding carboxylic acids is 1. The van der Waals surface area contributed by atoms with Crippen LogP contribution in [-0.4, -0.2) is 13.0 Å². The van der Waals surface area contributed by atoms with Crippen LogP contribution in [0.5, 0.6) is 5.75 Å². The Morgan fingerprint density at radius 1 is 1.08 bits per heavy atom. The quantitative estimate of drug-likeness (QED) is 0.732. The molecule has 1 amide bonds. The first-order valence-corrected chi connectivity index (χ1v) is 8.32. The van der Waals surface area contributed by atoms with Crippen LogP contribution in [0.4, 0.5) is 10.7 Å². The Balaban J connectivity index is 1.95. The molecule has 1 aromatic heterocycles. The van der Waals surface area contributed by atoms with Crippen molar-refractivity contribution >= 4 is 27.9 Å². The van der Waals surface area contributed by atoms with E-state index in [1.54, 1.807) is 19.2 Å². The number of hydrogen-bond donors (Lipinski definition) is 2. The number of ether oxygens (including phenoxy) is 1. The molecule has 0 aliphatic rings. The Morgan fingerprint density at radius 3 is 2.46 bits per heavy atom. The molecule has 0 fully saturated rings. The summed E-state index contributed by atoms with van der Waals surface area (Å²) >= 11 is 1.43. The van der Waals surface area contributed by atoms with Crippen molar-refractivity contribution in [2.75, 3.05) is 18.2 Å². The number of rotatable bonds is 4. The lowest BCUT2D eigenvalue weighted by molar-refractivity contribution is 0.102. The zero-order chi connectivity index (χ0) is 17.1. The Kier molecular flexibility index (Phi) is 4.53. The molecule has 1 heterocycles. The number of methoxy groups -OCH3 is 1. The van der Waals surface area contributed by atoms with Crippen LogP contribution >= 0.6 is 11.3 Å². The van der Waals surface area contributed by atoms with E-state index in [9.17, 15) is 4.79 Å². The summed E-state index contributed by atoms with van der Waals surface area (Å²) in [6.07, 6.45) is 0. The smallest absolute Gasteiger partial charge is 0.259 e. The molecule has 0 spiro atoms. The van der Waals surface area contributed by atoms with Gasteiger partial charge in [-0.2, -0.15) is 0 Å². The third-order valence-corrected chi connectivity index (χ3v) is 4.96. The lowest BCUT2D eigenvalue weighted by Gasteiger charge is -2.10. The molecular formula is C19H18N2O2S. The van der Waals surface area contributed by atoms with E-state index >= 15 is 0 Å². The van der Waals surface area contributed by atoms with Gasteiger partial charge >= 0.3 is 0 Å². The van der Waals surface area contributed by atoms with Gasteiger partial charge in [0.15, 0.2) is 0 Å². The molecule has 2 aromatic carbocycles. The first kappa shape index (κ1) is 16.1. The van der Waals surface area contributed by atoms with E-state index in [1.807, 2.05) is 49.4 Å².